The first-order chi connectivity index (χ1) is 5.54. The van der Waals surface area contributed by atoms with Gasteiger partial charge in [-0.25, -0.2) is 0 Å². The van der Waals surface area contributed by atoms with Crippen LogP contribution in [0.1, 0.15) is 27.2 Å². The van der Waals surface area contributed by atoms with Crippen molar-refractivity contribution in [1.82, 2.24) is 4.90 Å². The van der Waals surface area contributed by atoms with E-state index < -0.39 is 0 Å². The molecule has 1 fully saturated rings. The second kappa shape index (κ2) is 3.75. The lowest BCUT2D eigenvalue weighted by molar-refractivity contribution is 0.000640. The average molecular weight is 171 g/mol. The molecule has 0 amide bonds. The van der Waals surface area contributed by atoms with Gasteiger partial charge < -0.3 is 4.74 Å². The van der Waals surface area contributed by atoms with Gasteiger partial charge in [-0.15, -0.1) is 0 Å². The van der Waals surface area contributed by atoms with Crippen LogP contribution < -0.4 is 0 Å². The predicted molar refractivity (Wildman–Crippen MR) is 51.3 cm³/mol. The average Bonchev–Trinajstić information content (AvgIpc) is 1.81. The van der Waals surface area contributed by atoms with Gasteiger partial charge in [0.2, 0.25) is 0 Å². The molecule has 0 bridgehead atoms. The number of nitrogens with zero attached hydrogens (tertiary/aromatic N) is 1. The Morgan fingerprint density at radius 1 is 1.33 bits per heavy atom. The molecular formula is C10H21NO. The van der Waals surface area contributed by atoms with E-state index in [9.17, 15) is 0 Å². The van der Waals surface area contributed by atoms with E-state index in [1.807, 2.05) is 0 Å². The van der Waals surface area contributed by atoms with Crippen LogP contribution in [0.15, 0.2) is 0 Å². The highest BCUT2D eigenvalue weighted by atomic mass is 16.5. The largest absolute Gasteiger partial charge is 0.385 e. The van der Waals surface area contributed by atoms with Crippen LogP contribution in [0, 0.1) is 5.92 Å². The summed E-state index contributed by atoms with van der Waals surface area (Å²) < 4.78 is 5.05. The fraction of sp³-hybridized carbons (Fsp3) is 1.00. The van der Waals surface area contributed by atoms with E-state index in [2.05, 4.69) is 25.7 Å². The summed E-state index contributed by atoms with van der Waals surface area (Å²) in [5.74, 6) is 0.879. The first-order valence-electron chi connectivity index (χ1n) is 4.78. The molecular weight excluding hydrogens is 150 g/mol. The fourth-order valence-electron chi connectivity index (χ4n) is 1.58. The number of methoxy groups -OCH3 is 1. The Hall–Kier alpha value is -0.0800. The molecule has 0 aromatic carbocycles. The maximum atomic E-state index is 5.05. The van der Waals surface area contributed by atoms with E-state index in [0.717, 1.165) is 12.5 Å². The van der Waals surface area contributed by atoms with E-state index in [-0.39, 0.29) is 0 Å². The second-order valence-corrected chi connectivity index (χ2v) is 4.72. The zero-order valence-electron chi connectivity index (χ0n) is 8.76. The van der Waals surface area contributed by atoms with Gasteiger partial charge in [-0.1, -0.05) is 0 Å². The summed E-state index contributed by atoms with van der Waals surface area (Å²) in [5, 5.41) is 0. The van der Waals surface area contributed by atoms with Crippen LogP contribution in [0.25, 0.3) is 0 Å². The topological polar surface area (TPSA) is 12.5 Å². The molecule has 0 aromatic heterocycles. The first kappa shape index (κ1) is 10.0. The van der Waals surface area contributed by atoms with Crippen molar-refractivity contribution < 1.29 is 4.74 Å². The van der Waals surface area contributed by atoms with Crippen LogP contribution in [-0.4, -0.2) is 37.2 Å². The summed E-state index contributed by atoms with van der Waals surface area (Å²) in [7, 11) is 1.78. The minimum absolute atomic E-state index is 0.365. The molecule has 72 valence electrons. The molecule has 2 heteroatoms. The summed E-state index contributed by atoms with van der Waals surface area (Å²) in [6.07, 6.45) is 1.23. The minimum atomic E-state index is 0.365. The molecule has 0 N–H and O–H groups in total. The van der Waals surface area contributed by atoms with Crippen LogP contribution in [0.2, 0.25) is 0 Å². The van der Waals surface area contributed by atoms with Gasteiger partial charge in [0.05, 0.1) is 0 Å². The normalized spacial score (nSPS) is 21.0. The Morgan fingerprint density at radius 3 is 2.33 bits per heavy atom. The number of likely N-dealkylation sites (tertiary alicyclic amines) is 1. The lowest BCUT2D eigenvalue weighted by Crippen LogP contribution is -2.55. The van der Waals surface area contributed by atoms with Gasteiger partial charge in [0.1, 0.15) is 0 Å². The third-order valence-corrected chi connectivity index (χ3v) is 2.64. The molecule has 0 unspecified atom stereocenters. The molecule has 12 heavy (non-hydrogen) atoms. The van der Waals surface area contributed by atoms with Gasteiger partial charge in [0, 0.05) is 32.3 Å². The zero-order chi connectivity index (χ0) is 9.19. The molecule has 0 aromatic rings. The minimum Gasteiger partial charge on any atom is -0.385 e. The van der Waals surface area contributed by atoms with Crippen molar-refractivity contribution in [2.45, 2.75) is 32.7 Å². The molecule has 0 spiro atoms. The summed E-state index contributed by atoms with van der Waals surface area (Å²) in [5.41, 5.74) is 0.365. The van der Waals surface area contributed by atoms with Crippen LogP contribution >= 0.6 is 0 Å². The molecule has 1 saturated heterocycles. The van der Waals surface area contributed by atoms with Crippen molar-refractivity contribution in [3.63, 3.8) is 0 Å². The van der Waals surface area contributed by atoms with E-state index in [4.69, 9.17) is 4.74 Å². The highest BCUT2D eigenvalue weighted by molar-refractivity contribution is 4.88. The lowest BCUT2D eigenvalue weighted by Gasteiger charge is -2.47. The van der Waals surface area contributed by atoms with Gasteiger partial charge in [0.25, 0.3) is 0 Å². The monoisotopic (exact) mass is 171 g/mol. The number of hydrogen-bond acceptors (Lipinski definition) is 2. The second-order valence-electron chi connectivity index (χ2n) is 4.72. The Labute approximate surface area is 75.9 Å². The van der Waals surface area contributed by atoms with Crippen LogP contribution in [0.5, 0.6) is 0 Å². The smallest absolute Gasteiger partial charge is 0.0465 e. The van der Waals surface area contributed by atoms with Crippen molar-refractivity contribution in [2.75, 3.05) is 26.8 Å². The van der Waals surface area contributed by atoms with E-state index in [0.29, 0.717) is 5.54 Å². The summed E-state index contributed by atoms with van der Waals surface area (Å²) in [4.78, 5) is 2.52. The summed E-state index contributed by atoms with van der Waals surface area (Å²) in [6, 6.07) is 0. The van der Waals surface area contributed by atoms with Crippen LogP contribution in [0.4, 0.5) is 0 Å². The molecule has 1 heterocycles. The van der Waals surface area contributed by atoms with Crippen molar-refractivity contribution in [3.05, 3.63) is 0 Å². The molecule has 0 saturated carbocycles. The van der Waals surface area contributed by atoms with Gasteiger partial charge in [-0.05, 0) is 33.1 Å². The Morgan fingerprint density at radius 2 is 1.92 bits per heavy atom. The van der Waals surface area contributed by atoms with Crippen LogP contribution in [0.3, 0.4) is 0 Å². The quantitative estimate of drug-likeness (QED) is 0.641. The van der Waals surface area contributed by atoms with Gasteiger partial charge >= 0.3 is 0 Å². The third-order valence-electron chi connectivity index (χ3n) is 2.64. The molecule has 1 aliphatic heterocycles. The molecule has 1 aliphatic rings. The van der Waals surface area contributed by atoms with Crippen LogP contribution in [-0.2, 0) is 4.74 Å². The number of ether oxygens (including phenoxy) is 1. The van der Waals surface area contributed by atoms with Gasteiger partial charge in [-0.2, -0.15) is 0 Å². The highest BCUT2D eigenvalue weighted by Gasteiger charge is 2.33. The fourth-order valence-corrected chi connectivity index (χ4v) is 1.58. The van der Waals surface area contributed by atoms with E-state index in [1.54, 1.807) is 7.11 Å². The zero-order valence-corrected chi connectivity index (χ0v) is 8.76. The van der Waals surface area contributed by atoms with Crippen molar-refractivity contribution in [3.8, 4) is 0 Å². The first-order valence-corrected chi connectivity index (χ1v) is 4.78. The predicted octanol–water partition coefficient (Wildman–Crippen LogP) is 1.75. The maximum absolute atomic E-state index is 5.05. The molecule has 0 aliphatic carbocycles. The number of hydrogen-bond donors (Lipinski definition) is 0. The Kier molecular flexibility index (Phi) is 3.13. The standard InChI is InChI=1S/C10H21NO/c1-10(2,3)11-7-9(8-11)5-6-12-4/h9H,5-8H2,1-4H3. The van der Waals surface area contributed by atoms with Crippen molar-refractivity contribution in [1.29, 1.82) is 0 Å². The van der Waals surface area contributed by atoms with Crippen molar-refractivity contribution >= 4 is 0 Å². The van der Waals surface area contributed by atoms with Gasteiger partial charge in [0.15, 0.2) is 0 Å². The Balaban J connectivity index is 2.12. The highest BCUT2D eigenvalue weighted by Crippen LogP contribution is 2.26. The van der Waals surface area contributed by atoms with E-state index >= 15 is 0 Å². The molecule has 2 nitrogen and oxygen atoms in total. The van der Waals surface area contributed by atoms with E-state index in [1.165, 1.54) is 19.5 Å². The summed E-state index contributed by atoms with van der Waals surface area (Å²) >= 11 is 0. The Bertz CT molecular complexity index is 133. The molecule has 0 radical (unpaired) electrons. The summed E-state index contributed by atoms with van der Waals surface area (Å²) in [6.45, 7) is 10.3. The maximum Gasteiger partial charge on any atom is 0.0465 e. The third kappa shape index (κ3) is 2.46. The lowest BCUT2D eigenvalue weighted by atomic mass is 9.90. The molecule has 0 atom stereocenters. The van der Waals surface area contributed by atoms with Gasteiger partial charge in [-0.3, -0.25) is 4.90 Å². The van der Waals surface area contributed by atoms with Crippen molar-refractivity contribution in [2.24, 2.45) is 5.92 Å². The number of rotatable bonds is 3. The molecule has 1 rings (SSSR count). The SMILES string of the molecule is COCCC1CN(C(C)(C)C)C1.